The molecule has 23 heavy (non-hydrogen) atoms. The predicted molar refractivity (Wildman–Crippen MR) is 91.9 cm³/mol. The summed E-state index contributed by atoms with van der Waals surface area (Å²) in [5, 5.41) is 13.2. The maximum Gasteiger partial charge on any atom is 0.293 e. The molecule has 1 heterocycles. The lowest BCUT2D eigenvalue weighted by atomic mass is 10.1. The van der Waals surface area contributed by atoms with Crippen LogP contribution in [0, 0.1) is 16.3 Å². The first-order valence-corrected chi connectivity index (χ1v) is 7.78. The van der Waals surface area contributed by atoms with Gasteiger partial charge in [-0.1, -0.05) is 0 Å². The lowest BCUT2D eigenvalue weighted by Gasteiger charge is -2.15. The number of fused-ring (bicyclic) bond motifs is 1. The van der Waals surface area contributed by atoms with Crippen molar-refractivity contribution in [3.63, 3.8) is 0 Å². The maximum atomic E-state index is 14.8. The number of carbonyl (C=O) groups excluding carboxylic acids is 1. The Balaban J connectivity index is 2.09. The number of ether oxygens (including phenoxy) is 1. The molecule has 2 aromatic carbocycles. The molecule has 2 N–H and O–H groups in total. The molecule has 0 bridgehead atoms. The van der Waals surface area contributed by atoms with Gasteiger partial charge < -0.3 is 10.1 Å². The molecule has 0 saturated heterocycles. The highest BCUT2D eigenvalue weighted by atomic mass is 127. The third kappa shape index (κ3) is 3.11. The Hall–Kier alpha value is -2.23. The summed E-state index contributed by atoms with van der Waals surface area (Å²) in [6, 6.07) is 7.41. The van der Waals surface area contributed by atoms with Gasteiger partial charge in [-0.3, -0.25) is 4.79 Å². The summed E-state index contributed by atoms with van der Waals surface area (Å²) in [6.07, 6.45) is 0. The smallest absolute Gasteiger partial charge is 0.293 e. The average molecular weight is 426 g/mol. The van der Waals surface area contributed by atoms with E-state index in [1.165, 1.54) is 0 Å². The van der Waals surface area contributed by atoms with Gasteiger partial charge in [-0.15, -0.1) is 0 Å². The van der Waals surface area contributed by atoms with Gasteiger partial charge >= 0.3 is 0 Å². The highest BCUT2D eigenvalue weighted by molar-refractivity contribution is 14.1. The van der Waals surface area contributed by atoms with E-state index in [0.717, 1.165) is 14.8 Å². The molecule has 8 heteroatoms. The van der Waals surface area contributed by atoms with Crippen molar-refractivity contribution in [3.05, 3.63) is 44.8 Å². The molecule has 0 fully saturated rings. The molecule has 3 aromatic rings. The van der Waals surface area contributed by atoms with Crippen molar-refractivity contribution in [1.29, 1.82) is 0 Å². The molecule has 0 spiro atoms. The lowest BCUT2D eigenvalue weighted by Crippen LogP contribution is -2.03. The van der Waals surface area contributed by atoms with Crippen LogP contribution in [0.4, 0.5) is 15.8 Å². The van der Waals surface area contributed by atoms with Gasteiger partial charge in [0.1, 0.15) is 12.1 Å². The number of hydrogen-bond donors (Lipinski definition) is 2. The number of aromatic nitrogens is 3. The molecule has 0 saturated carbocycles. The van der Waals surface area contributed by atoms with E-state index in [9.17, 15) is 9.18 Å². The van der Waals surface area contributed by atoms with Crippen LogP contribution in [0.1, 0.15) is 11.1 Å². The van der Waals surface area contributed by atoms with Crippen LogP contribution < -0.4 is 5.32 Å². The second-order valence-electron chi connectivity index (χ2n) is 4.91. The molecule has 6 nitrogen and oxygen atoms in total. The predicted octanol–water partition coefficient (Wildman–Crippen LogP) is 3.43. The Morgan fingerprint density at radius 3 is 2.96 bits per heavy atom. The normalized spacial score (nSPS) is 10.7. The van der Waals surface area contributed by atoms with E-state index in [2.05, 4.69) is 43.3 Å². The van der Waals surface area contributed by atoms with Crippen LogP contribution in [0.2, 0.25) is 0 Å². The fourth-order valence-electron chi connectivity index (χ4n) is 2.27. The standard InChI is InChI=1S/C15H12FIN4O2/c1-8-4-10(17)2-3-11(8)18-14-9(6-23-7-22)5-12-15(13(14)16)20-21-19-12/h2-5,7,18H,6H2,1H3,(H,19,20,21). The molecular formula is C15H12FIN4O2. The molecule has 3 rings (SSSR count). The third-order valence-corrected chi connectivity index (χ3v) is 4.06. The summed E-state index contributed by atoms with van der Waals surface area (Å²) in [5.74, 6) is -0.543. The molecule has 0 aliphatic carbocycles. The van der Waals surface area contributed by atoms with Crippen molar-refractivity contribution in [2.45, 2.75) is 13.5 Å². The summed E-state index contributed by atoms with van der Waals surface area (Å²) in [6.45, 7) is 2.19. The Morgan fingerprint density at radius 2 is 2.22 bits per heavy atom. The highest BCUT2D eigenvalue weighted by Crippen LogP contribution is 2.31. The van der Waals surface area contributed by atoms with Crippen molar-refractivity contribution >= 4 is 51.5 Å². The minimum absolute atomic E-state index is 0.0605. The molecular weight excluding hydrogens is 414 g/mol. The van der Waals surface area contributed by atoms with Gasteiger partial charge in [-0.2, -0.15) is 15.4 Å². The minimum atomic E-state index is -0.543. The zero-order valence-electron chi connectivity index (χ0n) is 12.1. The van der Waals surface area contributed by atoms with E-state index in [1.54, 1.807) is 6.07 Å². The summed E-state index contributed by atoms with van der Waals surface area (Å²) >= 11 is 2.21. The van der Waals surface area contributed by atoms with E-state index in [1.807, 2.05) is 25.1 Å². The van der Waals surface area contributed by atoms with Gasteiger partial charge in [0, 0.05) is 14.8 Å². The molecule has 118 valence electrons. The van der Waals surface area contributed by atoms with E-state index in [4.69, 9.17) is 4.74 Å². The van der Waals surface area contributed by atoms with Gasteiger partial charge in [-0.25, -0.2) is 4.39 Å². The number of aryl methyl sites for hydroxylation is 1. The topological polar surface area (TPSA) is 79.9 Å². The first-order chi connectivity index (χ1) is 11.1. The molecule has 0 aliphatic rings. The maximum absolute atomic E-state index is 14.8. The van der Waals surface area contributed by atoms with Crippen molar-refractivity contribution in [3.8, 4) is 0 Å². The Bertz CT molecular complexity index is 881. The summed E-state index contributed by atoms with van der Waals surface area (Å²) in [5.41, 5.74) is 2.94. The number of nitrogens with one attached hydrogen (secondary N) is 2. The van der Waals surface area contributed by atoms with Crippen molar-refractivity contribution in [1.82, 2.24) is 15.4 Å². The largest absolute Gasteiger partial charge is 0.463 e. The Kier molecular flexibility index (Phi) is 4.42. The minimum Gasteiger partial charge on any atom is -0.463 e. The number of anilines is 2. The van der Waals surface area contributed by atoms with E-state index >= 15 is 0 Å². The third-order valence-electron chi connectivity index (χ3n) is 3.39. The Morgan fingerprint density at radius 1 is 1.39 bits per heavy atom. The van der Waals surface area contributed by atoms with E-state index < -0.39 is 5.82 Å². The number of H-pyrrole nitrogens is 1. The van der Waals surface area contributed by atoms with Crippen molar-refractivity contribution in [2.75, 3.05) is 5.32 Å². The van der Waals surface area contributed by atoms with Gasteiger partial charge in [0.2, 0.25) is 0 Å². The van der Waals surface area contributed by atoms with Crippen LogP contribution >= 0.6 is 22.6 Å². The zero-order valence-corrected chi connectivity index (χ0v) is 14.2. The van der Waals surface area contributed by atoms with Crippen LogP contribution in [0.5, 0.6) is 0 Å². The van der Waals surface area contributed by atoms with Crippen LogP contribution in [-0.4, -0.2) is 21.9 Å². The second-order valence-corrected chi connectivity index (χ2v) is 6.15. The SMILES string of the molecule is Cc1cc(I)ccc1Nc1c(COC=O)cc2n[nH]nc2c1F. The number of rotatable bonds is 5. The molecule has 0 aliphatic heterocycles. The lowest BCUT2D eigenvalue weighted by molar-refractivity contribution is -0.129. The number of hydrogen-bond acceptors (Lipinski definition) is 5. The van der Waals surface area contributed by atoms with Gasteiger partial charge in [-0.05, 0) is 59.3 Å². The van der Waals surface area contributed by atoms with Crippen LogP contribution in [0.25, 0.3) is 11.0 Å². The molecule has 0 unspecified atom stereocenters. The fraction of sp³-hybridized carbons (Fsp3) is 0.133. The van der Waals surface area contributed by atoms with Gasteiger partial charge in [0.15, 0.2) is 11.3 Å². The molecule has 0 radical (unpaired) electrons. The Labute approximate surface area is 144 Å². The van der Waals surface area contributed by atoms with Gasteiger partial charge in [0.05, 0.1) is 5.69 Å². The van der Waals surface area contributed by atoms with E-state index in [0.29, 0.717) is 17.6 Å². The second kappa shape index (κ2) is 6.49. The summed E-state index contributed by atoms with van der Waals surface area (Å²) in [4.78, 5) is 10.5. The summed E-state index contributed by atoms with van der Waals surface area (Å²) in [7, 11) is 0. The highest BCUT2D eigenvalue weighted by Gasteiger charge is 2.17. The first kappa shape index (κ1) is 15.7. The quantitative estimate of drug-likeness (QED) is 0.483. The number of benzene rings is 2. The fourth-order valence-corrected chi connectivity index (χ4v) is 2.92. The van der Waals surface area contributed by atoms with E-state index in [-0.39, 0.29) is 17.8 Å². The van der Waals surface area contributed by atoms with Crippen LogP contribution in [-0.2, 0) is 16.1 Å². The first-order valence-electron chi connectivity index (χ1n) is 6.70. The molecule has 0 atom stereocenters. The number of nitrogens with zero attached hydrogens (tertiary/aromatic N) is 2. The summed E-state index contributed by atoms with van der Waals surface area (Å²) < 4.78 is 20.6. The number of halogens is 2. The van der Waals surface area contributed by atoms with Crippen LogP contribution in [0.3, 0.4) is 0 Å². The number of aromatic amines is 1. The monoisotopic (exact) mass is 426 g/mol. The van der Waals surface area contributed by atoms with Crippen molar-refractivity contribution < 1.29 is 13.9 Å². The molecule has 0 amide bonds. The van der Waals surface area contributed by atoms with Gasteiger partial charge in [0.25, 0.3) is 6.47 Å². The average Bonchev–Trinajstić information content (AvgIpc) is 2.99. The number of carbonyl (C=O) groups is 1. The van der Waals surface area contributed by atoms with Crippen LogP contribution in [0.15, 0.2) is 24.3 Å². The molecule has 1 aromatic heterocycles. The van der Waals surface area contributed by atoms with Crippen molar-refractivity contribution in [2.24, 2.45) is 0 Å². The zero-order chi connectivity index (χ0) is 16.4.